The predicted octanol–water partition coefficient (Wildman–Crippen LogP) is 4.32. The van der Waals surface area contributed by atoms with Crippen LogP contribution >= 0.6 is 0 Å². The molecule has 0 bridgehead atoms. The van der Waals surface area contributed by atoms with Crippen LogP contribution in [0.1, 0.15) is 27.8 Å². The van der Waals surface area contributed by atoms with Gasteiger partial charge in [0.05, 0.1) is 18.5 Å². The Labute approximate surface area is 189 Å². The van der Waals surface area contributed by atoms with E-state index in [2.05, 4.69) is 15.4 Å². The van der Waals surface area contributed by atoms with Gasteiger partial charge < -0.3 is 14.6 Å². The van der Waals surface area contributed by atoms with E-state index < -0.39 is 5.97 Å². The molecule has 3 heterocycles. The molecule has 5 rings (SSSR count). The highest BCUT2D eigenvalue weighted by Crippen LogP contribution is 2.25. The van der Waals surface area contributed by atoms with Gasteiger partial charge in [-0.05, 0) is 37.3 Å². The van der Waals surface area contributed by atoms with E-state index in [1.807, 2.05) is 66.2 Å². The largest absolute Gasteiger partial charge is 0.462 e. The van der Waals surface area contributed by atoms with E-state index >= 15 is 0 Å². The molecule has 1 N–H and O–H groups in total. The molecule has 0 spiro atoms. The number of carbonyl (C=O) groups is 2. The SMILES string of the molecule is CCOC(=O)c1cnn2c(-c3cccc(NC(=O)c4cc5ccccc5n4C)c3)ccnc12. The number of carbonyl (C=O) groups excluding carboxylic acids is 2. The maximum Gasteiger partial charge on any atom is 0.343 e. The van der Waals surface area contributed by atoms with Gasteiger partial charge in [-0.3, -0.25) is 4.79 Å². The molecular formula is C25H21N5O3. The van der Waals surface area contributed by atoms with E-state index in [1.54, 1.807) is 23.7 Å². The highest BCUT2D eigenvalue weighted by atomic mass is 16.5. The summed E-state index contributed by atoms with van der Waals surface area (Å²) in [5.74, 6) is -0.664. The van der Waals surface area contributed by atoms with Gasteiger partial charge in [-0.15, -0.1) is 0 Å². The van der Waals surface area contributed by atoms with Crippen molar-refractivity contribution < 1.29 is 14.3 Å². The topological polar surface area (TPSA) is 90.5 Å². The standard InChI is InChI=1S/C25H21N5O3/c1-3-33-25(32)19-15-27-30-21(11-12-26-23(19)30)16-8-6-9-18(13-16)28-24(31)22-14-17-7-4-5-10-20(17)29(22)2/h4-15H,3H2,1-2H3,(H,28,31). The number of aryl methyl sites for hydroxylation is 1. The van der Waals surface area contributed by atoms with Gasteiger partial charge in [-0.25, -0.2) is 14.3 Å². The average Bonchev–Trinajstić information content (AvgIpc) is 3.41. The molecule has 8 nitrogen and oxygen atoms in total. The van der Waals surface area contributed by atoms with Crippen LogP contribution in [-0.4, -0.2) is 37.6 Å². The first-order valence-corrected chi connectivity index (χ1v) is 10.5. The molecule has 0 atom stereocenters. The Kier molecular flexibility index (Phi) is 5.10. The summed E-state index contributed by atoms with van der Waals surface area (Å²) >= 11 is 0. The van der Waals surface area contributed by atoms with Crippen LogP contribution in [0.15, 0.2) is 73.1 Å². The smallest absolute Gasteiger partial charge is 0.343 e. The summed E-state index contributed by atoms with van der Waals surface area (Å²) in [6.45, 7) is 2.02. The molecule has 0 fully saturated rings. The second-order valence-electron chi connectivity index (χ2n) is 7.53. The van der Waals surface area contributed by atoms with Gasteiger partial charge in [-0.1, -0.05) is 30.3 Å². The quantitative estimate of drug-likeness (QED) is 0.412. The highest BCUT2D eigenvalue weighted by molar-refractivity contribution is 6.06. The molecule has 164 valence electrons. The number of hydrogen-bond donors (Lipinski definition) is 1. The Morgan fingerprint density at radius 1 is 1.06 bits per heavy atom. The van der Waals surface area contributed by atoms with E-state index in [0.717, 1.165) is 22.2 Å². The number of nitrogens with one attached hydrogen (secondary N) is 1. The maximum atomic E-state index is 13.0. The van der Waals surface area contributed by atoms with Gasteiger partial charge in [0, 0.05) is 35.4 Å². The van der Waals surface area contributed by atoms with Crippen molar-refractivity contribution in [1.82, 2.24) is 19.2 Å². The van der Waals surface area contributed by atoms with Crippen molar-refractivity contribution >= 4 is 34.1 Å². The lowest BCUT2D eigenvalue weighted by Crippen LogP contribution is -2.15. The number of aromatic nitrogens is 4. The Bertz CT molecular complexity index is 1520. The Morgan fingerprint density at radius 3 is 2.73 bits per heavy atom. The van der Waals surface area contributed by atoms with Crippen LogP contribution in [0.5, 0.6) is 0 Å². The molecule has 8 heteroatoms. The minimum atomic E-state index is -0.465. The van der Waals surface area contributed by atoms with Crippen molar-refractivity contribution in [2.24, 2.45) is 7.05 Å². The van der Waals surface area contributed by atoms with Gasteiger partial charge in [0.1, 0.15) is 11.3 Å². The third-order valence-electron chi connectivity index (χ3n) is 5.50. The lowest BCUT2D eigenvalue weighted by molar-refractivity contribution is 0.0528. The minimum absolute atomic E-state index is 0.200. The second kappa shape index (κ2) is 8.23. The molecule has 5 aromatic rings. The molecule has 33 heavy (non-hydrogen) atoms. The zero-order chi connectivity index (χ0) is 22.9. The zero-order valence-corrected chi connectivity index (χ0v) is 18.1. The van der Waals surface area contributed by atoms with Crippen LogP contribution in [0.4, 0.5) is 5.69 Å². The number of hydrogen-bond acceptors (Lipinski definition) is 5. The van der Waals surface area contributed by atoms with Crippen LogP contribution < -0.4 is 5.32 Å². The number of benzene rings is 2. The maximum absolute atomic E-state index is 13.0. The molecule has 1 amide bonds. The van der Waals surface area contributed by atoms with E-state index in [4.69, 9.17) is 4.74 Å². The lowest BCUT2D eigenvalue weighted by Gasteiger charge is -2.10. The van der Waals surface area contributed by atoms with Crippen LogP contribution in [0.3, 0.4) is 0 Å². The minimum Gasteiger partial charge on any atom is -0.462 e. The normalized spacial score (nSPS) is 11.1. The van der Waals surface area contributed by atoms with Gasteiger partial charge in [0.2, 0.25) is 0 Å². The Balaban J connectivity index is 1.47. The molecule has 0 aliphatic heterocycles. The van der Waals surface area contributed by atoms with Crippen molar-refractivity contribution in [1.29, 1.82) is 0 Å². The summed E-state index contributed by atoms with van der Waals surface area (Å²) in [6, 6.07) is 19.0. The summed E-state index contributed by atoms with van der Waals surface area (Å²) in [4.78, 5) is 29.5. The third-order valence-corrected chi connectivity index (χ3v) is 5.50. The van der Waals surface area contributed by atoms with Gasteiger partial charge in [0.15, 0.2) is 5.65 Å². The molecule has 0 saturated heterocycles. The molecule has 3 aromatic heterocycles. The molecule has 0 unspecified atom stereocenters. The molecule has 2 aromatic carbocycles. The number of amides is 1. The first-order valence-electron chi connectivity index (χ1n) is 10.5. The average molecular weight is 439 g/mol. The lowest BCUT2D eigenvalue weighted by atomic mass is 10.1. The zero-order valence-electron chi connectivity index (χ0n) is 18.1. The number of para-hydroxylation sites is 1. The fourth-order valence-electron chi connectivity index (χ4n) is 3.92. The predicted molar refractivity (Wildman–Crippen MR) is 125 cm³/mol. The first kappa shape index (κ1) is 20.4. The van der Waals surface area contributed by atoms with Crippen LogP contribution in [0.2, 0.25) is 0 Å². The van der Waals surface area contributed by atoms with Gasteiger partial charge in [-0.2, -0.15) is 5.10 Å². The summed E-state index contributed by atoms with van der Waals surface area (Å²) in [5, 5.41) is 8.32. The number of fused-ring (bicyclic) bond motifs is 2. The monoisotopic (exact) mass is 439 g/mol. The van der Waals surface area contributed by atoms with Gasteiger partial charge >= 0.3 is 5.97 Å². The molecule has 0 saturated carbocycles. The van der Waals surface area contributed by atoms with Crippen LogP contribution in [-0.2, 0) is 11.8 Å². The van der Waals surface area contributed by atoms with E-state index in [-0.39, 0.29) is 12.5 Å². The fraction of sp³-hybridized carbons (Fsp3) is 0.120. The molecular weight excluding hydrogens is 418 g/mol. The number of ether oxygens (including phenoxy) is 1. The van der Waals surface area contributed by atoms with Crippen molar-refractivity contribution in [3.63, 3.8) is 0 Å². The summed E-state index contributed by atoms with van der Waals surface area (Å²) in [5.41, 5.74) is 4.47. The van der Waals surface area contributed by atoms with E-state index in [0.29, 0.717) is 22.6 Å². The number of rotatable bonds is 5. The van der Waals surface area contributed by atoms with Crippen molar-refractivity contribution in [2.75, 3.05) is 11.9 Å². The third kappa shape index (κ3) is 3.61. The fourth-order valence-corrected chi connectivity index (χ4v) is 3.92. The number of anilines is 1. The second-order valence-corrected chi connectivity index (χ2v) is 7.53. The highest BCUT2D eigenvalue weighted by Gasteiger charge is 2.18. The number of esters is 1. The molecule has 0 radical (unpaired) electrons. The van der Waals surface area contributed by atoms with E-state index in [9.17, 15) is 9.59 Å². The van der Waals surface area contributed by atoms with E-state index in [1.165, 1.54) is 6.20 Å². The summed E-state index contributed by atoms with van der Waals surface area (Å²) in [7, 11) is 1.88. The first-order chi connectivity index (χ1) is 16.1. The Hall–Kier alpha value is -4.46. The van der Waals surface area contributed by atoms with Crippen LogP contribution in [0, 0.1) is 0 Å². The van der Waals surface area contributed by atoms with Crippen molar-refractivity contribution in [2.45, 2.75) is 6.92 Å². The Morgan fingerprint density at radius 2 is 1.91 bits per heavy atom. The van der Waals surface area contributed by atoms with Crippen LogP contribution in [0.25, 0.3) is 27.8 Å². The summed E-state index contributed by atoms with van der Waals surface area (Å²) in [6.07, 6.45) is 3.07. The van der Waals surface area contributed by atoms with Crippen molar-refractivity contribution in [3.8, 4) is 11.3 Å². The molecule has 0 aliphatic rings. The number of nitrogens with zero attached hydrogens (tertiary/aromatic N) is 4. The molecule has 0 aliphatic carbocycles. The van der Waals surface area contributed by atoms with Gasteiger partial charge in [0.25, 0.3) is 5.91 Å². The summed E-state index contributed by atoms with van der Waals surface area (Å²) < 4.78 is 8.57. The van der Waals surface area contributed by atoms with Crippen molar-refractivity contribution in [3.05, 3.63) is 84.3 Å².